The first-order valence-electron chi connectivity index (χ1n) is 9.79. The molecule has 0 aliphatic rings. The van der Waals surface area contributed by atoms with Crippen molar-refractivity contribution in [2.75, 3.05) is 10.5 Å². The minimum Gasteiger partial charge on any atom is -0.345 e. The molecule has 0 radical (unpaired) electrons. The molecular formula is C23H18ClF2N3O2S. The van der Waals surface area contributed by atoms with Gasteiger partial charge >= 0.3 is 0 Å². The van der Waals surface area contributed by atoms with Crippen LogP contribution in [-0.4, -0.2) is 25.7 Å². The molecule has 0 fully saturated rings. The number of hydrogen-bond donors (Lipinski definition) is 2. The van der Waals surface area contributed by atoms with Crippen molar-refractivity contribution in [3.63, 3.8) is 0 Å². The van der Waals surface area contributed by atoms with Crippen LogP contribution in [0.3, 0.4) is 0 Å². The molecule has 4 aromatic rings. The van der Waals surface area contributed by atoms with Gasteiger partial charge in [0.1, 0.15) is 28.3 Å². The third-order valence-corrected chi connectivity index (χ3v) is 6.34. The third kappa shape index (κ3) is 4.42. The Labute approximate surface area is 190 Å². The Morgan fingerprint density at radius 3 is 2.47 bits per heavy atom. The van der Waals surface area contributed by atoms with E-state index in [0.717, 1.165) is 23.3 Å². The number of carbonyl (C=O) groups is 1. The SMILES string of the molecule is CCCS(=O)Nc1cc(F)c(C(=O)c2c[nH]c3ncc(-c4ccc(Cl)cc4)cc23)c(F)c1. The number of aromatic amines is 1. The fourth-order valence-corrected chi connectivity index (χ4v) is 4.32. The lowest BCUT2D eigenvalue weighted by Gasteiger charge is -2.09. The van der Waals surface area contributed by atoms with Crippen molar-refractivity contribution in [3.05, 3.63) is 82.6 Å². The smallest absolute Gasteiger partial charge is 0.201 e. The van der Waals surface area contributed by atoms with E-state index in [9.17, 15) is 17.8 Å². The Morgan fingerprint density at radius 1 is 1.12 bits per heavy atom. The molecule has 0 aliphatic carbocycles. The summed E-state index contributed by atoms with van der Waals surface area (Å²) in [4.78, 5) is 20.2. The highest BCUT2D eigenvalue weighted by atomic mass is 35.5. The first kappa shape index (κ1) is 22.1. The molecule has 0 bridgehead atoms. The maximum Gasteiger partial charge on any atom is 0.201 e. The predicted molar refractivity (Wildman–Crippen MR) is 123 cm³/mol. The van der Waals surface area contributed by atoms with Crippen LogP contribution in [0.15, 0.2) is 54.9 Å². The molecule has 0 saturated heterocycles. The van der Waals surface area contributed by atoms with Crippen LogP contribution in [0.25, 0.3) is 22.2 Å². The number of anilines is 1. The number of rotatable bonds is 7. The highest BCUT2D eigenvalue weighted by Gasteiger charge is 2.23. The highest BCUT2D eigenvalue weighted by molar-refractivity contribution is 7.86. The Bertz CT molecular complexity index is 1320. The molecule has 4 rings (SSSR count). The van der Waals surface area contributed by atoms with E-state index in [-0.39, 0.29) is 11.3 Å². The first-order chi connectivity index (χ1) is 15.4. The van der Waals surface area contributed by atoms with Gasteiger partial charge in [0, 0.05) is 39.7 Å². The average Bonchev–Trinajstić information content (AvgIpc) is 3.17. The monoisotopic (exact) mass is 473 g/mol. The van der Waals surface area contributed by atoms with Gasteiger partial charge in [0.25, 0.3) is 0 Å². The van der Waals surface area contributed by atoms with E-state index < -0.39 is 34.0 Å². The van der Waals surface area contributed by atoms with E-state index in [0.29, 0.717) is 28.2 Å². The second kappa shape index (κ2) is 9.18. The number of pyridine rings is 1. The lowest BCUT2D eigenvalue weighted by molar-refractivity contribution is 0.103. The van der Waals surface area contributed by atoms with Crippen molar-refractivity contribution >= 4 is 45.1 Å². The van der Waals surface area contributed by atoms with Crippen LogP contribution < -0.4 is 4.72 Å². The van der Waals surface area contributed by atoms with Gasteiger partial charge in [0.15, 0.2) is 0 Å². The van der Waals surface area contributed by atoms with E-state index in [2.05, 4.69) is 14.7 Å². The first-order valence-corrected chi connectivity index (χ1v) is 11.5. The number of nitrogens with zero attached hydrogens (tertiary/aromatic N) is 1. The molecule has 0 aliphatic heterocycles. The van der Waals surface area contributed by atoms with E-state index in [4.69, 9.17) is 11.6 Å². The summed E-state index contributed by atoms with van der Waals surface area (Å²) in [7, 11) is -1.47. The lowest BCUT2D eigenvalue weighted by atomic mass is 10.00. The third-order valence-electron chi connectivity index (χ3n) is 4.84. The molecule has 2 heterocycles. The fraction of sp³-hybridized carbons (Fsp3) is 0.130. The minimum absolute atomic E-state index is 0.00829. The van der Waals surface area contributed by atoms with Crippen LogP contribution in [0.5, 0.6) is 0 Å². The van der Waals surface area contributed by atoms with Gasteiger partial charge in [-0.2, -0.15) is 0 Å². The number of nitrogens with one attached hydrogen (secondary N) is 2. The van der Waals surface area contributed by atoms with Crippen LogP contribution in [0.1, 0.15) is 29.3 Å². The van der Waals surface area contributed by atoms with Gasteiger partial charge in [-0.25, -0.2) is 18.0 Å². The molecular weight excluding hydrogens is 456 g/mol. The van der Waals surface area contributed by atoms with Crippen LogP contribution in [-0.2, 0) is 11.0 Å². The van der Waals surface area contributed by atoms with Crippen molar-refractivity contribution in [1.29, 1.82) is 0 Å². The number of ketones is 1. The summed E-state index contributed by atoms with van der Waals surface area (Å²) in [6, 6.07) is 10.8. The highest BCUT2D eigenvalue weighted by Crippen LogP contribution is 2.29. The van der Waals surface area contributed by atoms with Gasteiger partial charge in [-0.3, -0.25) is 4.79 Å². The molecule has 32 heavy (non-hydrogen) atoms. The summed E-state index contributed by atoms with van der Waals surface area (Å²) in [5.41, 5.74) is 1.39. The summed E-state index contributed by atoms with van der Waals surface area (Å²) in [6.07, 6.45) is 3.66. The topological polar surface area (TPSA) is 74.8 Å². The van der Waals surface area contributed by atoms with Crippen LogP contribution in [0.2, 0.25) is 5.02 Å². The number of aromatic nitrogens is 2. The van der Waals surface area contributed by atoms with Crippen LogP contribution in [0, 0.1) is 11.6 Å². The van der Waals surface area contributed by atoms with E-state index >= 15 is 0 Å². The zero-order chi connectivity index (χ0) is 22.8. The largest absolute Gasteiger partial charge is 0.345 e. The maximum absolute atomic E-state index is 14.7. The van der Waals surface area contributed by atoms with E-state index in [1.54, 1.807) is 24.4 Å². The van der Waals surface area contributed by atoms with Gasteiger partial charge in [-0.1, -0.05) is 30.7 Å². The van der Waals surface area contributed by atoms with E-state index in [1.807, 2.05) is 19.1 Å². The van der Waals surface area contributed by atoms with Gasteiger partial charge in [0.05, 0.1) is 11.3 Å². The summed E-state index contributed by atoms with van der Waals surface area (Å²) >= 11 is 5.94. The van der Waals surface area contributed by atoms with Crippen molar-refractivity contribution in [2.24, 2.45) is 0 Å². The summed E-state index contributed by atoms with van der Waals surface area (Å²) < 4.78 is 43.8. The maximum atomic E-state index is 14.7. The molecule has 2 aromatic carbocycles. The predicted octanol–water partition coefficient (Wildman–Crippen LogP) is 5.88. The number of halogens is 3. The molecule has 1 unspecified atom stereocenters. The van der Waals surface area contributed by atoms with Gasteiger partial charge < -0.3 is 9.71 Å². The number of benzene rings is 2. The van der Waals surface area contributed by atoms with Crippen molar-refractivity contribution in [3.8, 4) is 11.1 Å². The molecule has 5 nitrogen and oxygen atoms in total. The number of H-pyrrole nitrogens is 1. The zero-order valence-corrected chi connectivity index (χ0v) is 18.5. The Kier molecular flexibility index (Phi) is 6.34. The summed E-state index contributed by atoms with van der Waals surface area (Å²) in [5.74, 6) is -2.56. The van der Waals surface area contributed by atoms with Crippen LogP contribution in [0.4, 0.5) is 14.5 Å². The Balaban J connectivity index is 1.71. The summed E-state index contributed by atoms with van der Waals surface area (Å²) in [6.45, 7) is 1.84. The quantitative estimate of drug-likeness (QED) is 0.329. The molecule has 2 N–H and O–H groups in total. The zero-order valence-electron chi connectivity index (χ0n) is 16.9. The Hall–Kier alpha value is -3.10. The van der Waals surface area contributed by atoms with Crippen molar-refractivity contribution in [1.82, 2.24) is 9.97 Å². The molecule has 2 aromatic heterocycles. The molecule has 9 heteroatoms. The van der Waals surface area contributed by atoms with Gasteiger partial charge in [-0.15, -0.1) is 0 Å². The normalized spacial score (nSPS) is 12.1. The number of carbonyl (C=O) groups excluding carboxylic acids is 1. The minimum atomic E-state index is -1.47. The number of fused-ring (bicyclic) bond motifs is 1. The molecule has 0 saturated carbocycles. The Morgan fingerprint density at radius 2 is 1.81 bits per heavy atom. The van der Waals surface area contributed by atoms with Gasteiger partial charge in [0.2, 0.25) is 5.78 Å². The second-order valence-corrected chi connectivity index (χ2v) is 8.86. The lowest BCUT2D eigenvalue weighted by Crippen LogP contribution is -2.11. The molecule has 0 spiro atoms. The second-order valence-electron chi connectivity index (χ2n) is 7.13. The van der Waals surface area contributed by atoms with Crippen molar-refractivity contribution < 1.29 is 17.8 Å². The van der Waals surface area contributed by atoms with Crippen LogP contribution >= 0.6 is 11.6 Å². The summed E-state index contributed by atoms with van der Waals surface area (Å²) in [5, 5.41) is 1.02. The number of hydrogen-bond acceptors (Lipinski definition) is 3. The molecule has 164 valence electrons. The average molecular weight is 474 g/mol. The van der Waals surface area contributed by atoms with Gasteiger partial charge in [-0.05, 0) is 42.3 Å². The van der Waals surface area contributed by atoms with E-state index in [1.165, 1.54) is 6.20 Å². The van der Waals surface area contributed by atoms with Crippen molar-refractivity contribution in [2.45, 2.75) is 13.3 Å². The molecule has 0 amide bonds. The molecule has 1 atom stereocenters. The standard InChI is InChI=1S/C23H18ClF2N3O2S/c1-2-7-32(31)29-16-9-19(25)21(20(26)10-16)22(30)18-12-28-23-17(18)8-14(11-27-23)13-3-5-15(24)6-4-13/h3-6,8-12,29H,2,7H2,1H3,(H,27,28). The fourth-order valence-electron chi connectivity index (χ4n) is 3.34.